The number of thioether (sulfide) groups is 1. The Balaban J connectivity index is 1.75. The van der Waals surface area contributed by atoms with E-state index in [1.165, 1.54) is 36.5 Å². The van der Waals surface area contributed by atoms with Crippen LogP contribution in [0.15, 0.2) is 0 Å². The first-order chi connectivity index (χ1) is 7.88. The number of nitrogens with one attached hydrogen (secondary N) is 1. The number of nitrogens with zero attached hydrogens (tertiary/aromatic N) is 2. The predicted octanol–water partition coefficient (Wildman–Crippen LogP) is 3.19. The van der Waals surface area contributed by atoms with Crippen LogP contribution in [0.25, 0.3) is 0 Å². The summed E-state index contributed by atoms with van der Waals surface area (Å²) < 4.78 is 4.33. The Morgan fingerprint density at radius 3 is 3.12 bits per heavy atom. The maximum absolute atomic E-state index is 4.47. The third-order valence-electron chi connectivity index (χ3n) is 2.70. The van der Waals surface area contributed by atoms with Gasteiger partial charge in [-0.1, -0.05) is 13.3 Å². The molecule has 0 spiro atoms. The lowest BCUT2D eigenvalue weighted by molar-refractivity contribution is 0.677. The summed E-state index contributed by atoms with van der Waals surface area (Å²) in [5.74, 6) is 2.31. The zero-order chi connectivity index (χ0) is 11.2. The molecule has 16 heavy (non-hydrogen) atoms. The number of rotatable bonds is 5. The number of aromatic nitrogens is 2. The van der Waals surface area contributed by atoms with Crippen LogP contribution in [0.5, 0.6) is 0 Å². The lowest BCUT2D eigenvalue weighted by Crippen LogP contribution is -2.19. The lowest BCUT2D eigenvalue weighted by atomic mass is 10.2. The Labute approximate surface area is 106 Å². The van der Waals surface area contributed by atoms with Crippen molar-refractivity contribution in [1.82, 2.24) is 9.36 Å². The molecule has 0 saturated carbocycles. The van der Waals surface area contributed by atoms with Crippen LogP contribution in [0.1, 0.15) is 38.4 Å². The summed E-state index contributed by atoms with van der Waals surface area (Å²) in [6.07, 6.45) is 6.24. The monoisotopic (exact) mass is 257 g/mol. The van der Waals surface area contributed by atoms with Crippen LogP contribution in [0.2, 0.25) is 0 Å². The van der Waals surface area contributed by atoms with Gasteiger partial charge >= 0.3 is 0 Å². The molecule has 90 valence electrons. The van der Waals surface area contributed by atoms with E-state index in [4.69, 9.17) is 0 Å². The highest BCUT2D eigenvalue weighted by Crippen LogP contribution is 2.25. The number of aryl methyl sites for hydroxylation is 1. The minimum Gasteiger partial charge on any atom is -0.359 e. The lowest BCUT2D eigenvalue weighted by Gasteiger charge is -2.20. The molecule has 1 aliphatic rings. The van der Waals surface area contributed by atoms with E-state index >= 15 is 0 Å². The Morgan fingerprint density at radius 1 is 1.44 bits per heavy atom. The van der Waals surface area contributed by atoms with E-state index in [-0.39, 0.29) is 0 Å². The second-order valence-corrected chi connectivity index (χ2v) is 6.30. The first-order valence-corrected chi connectivity index (χ1v) is 7.88. The fourth-order valence-electron chi connectivity index (χ4n) is 1.82. The van der Waals surface area contributed by atoms with Gasteiger partial charge < -0.3 is 5.32 Å². The first kappa shape index (κ1) is 12.2. The summed E-state index contributed by atoms with van der Waals surface area (Å²) in [4.78, 5) is 4.47. The summed E-state index contributed by atoms with van der Waals surface area (Å²) in [5.41, 5.74) is 0. The highest BCUT2D eigenvalue weighted by molar-refractivity contribution is 7.99. The van der Waals surface area contributed by atoms with E-state index in [1.54, 1.807) is 0 Å². The average Bonchev–Trinajstić information content (AvgIpc) is 2.76. The van der Waals surface area contributed by atoms with Crippen LogP contribution in [0, 0.1) is 0 Å². The molecule has 1 saturated heterocycles. The summed E-state index contributed by atoms with van der Waals surface area (Å²) in [6.45, 7) is 3.21. The molecule has 1 aromatic rings. The van der Waals surface area contributed by atoms with Crippen molar-refractivity contribution < 1.29 is 0 Å². The highest BCUT2D eigenvalue weighted by Gasteiger charge is 2.14. The molecular formula is C11H19N3S2. The van der Waals surface area contributed by atoms with Gasteiger partial charge in [-0.3, -0.25) is 0 Å². The molecule has 1 unspecified atom stereocenters. The fraction of sp³-hybridized carbons (Fsp3) is 0.818. The van der Waals surface area contributed by atoms with Crippen molar-refractivity contribution in [1.29, 1.82) is 0 Å². The molecule has 2 rings (SSSR count). The predicted molar refractivity (Wildman–Crippen MR) is 72.5 cm³/mol. The van der Waals surface area contributed by atoms with Crippen LogP contribution in [0.3, 0.4) is 0 Å². The van der Waals surface area contributed by atoms with E-state index in [1.807, 2.05) is 0 Å². The molecule has 3 nitrogen and oxygen atoms in total. The third kappa shape index (κ3) is 3.63. The molecule has 5 heteroatoms. The number of anilines is 1. The van der Waals surface area contributed by atoms with Gasteiger partial charge in [0, 0.05) is 29.7 Å². The van der Waals surface area contributed by atoms with Crippen molar-refractivity contribution in [3.63, 3.8) is 0 Å². The summed E-state index contributed by atoms with van der Waals surface area (Å²) in [7, 11) is 0. The SMILES string of the molecule is CCCc1nsc(NCC2CCCCS2)n1. The molecule has 0 bridgehead atoms. The van der Waals surface area contributed by atoms with Crippen molar-refractivity contribution in [2.24, 2.45) is 0 Å². The van der Waals surface area contributed by atoms with Crippen LogP contribution in [-0.2, 0) is 6.42 Å². The molecule has 2 heterocycles. The van der Waals surface area contributed by atoms with Gasteiger partial charge in [-0.2, -0.15) is 16.1 Å². The third-order valence-corrected chi connectivity index (χ3v) is 4.81. The van der Waals surface area contributed by atoms with Crippen molar-refractivity contribution in [3.8, 4) is 0 Å². The van der Waals surface area contributed by atoms with E-state index in [0.717, 1.165) is 35.6 Å². The van der Waals surface area contributed by atoms with Crippen LogP contribution in [0.4, 0.5) is 5.13 Å². The Hall–Kier alpha value is -0.290. The molecule has 0 amide bonds. The van der Waals surface area contributed by atoms with Gasteiger partial charge in [-0.15, -0.1) is 0 Å². The average molecular weight is 257 g/mol. The van der Waals surface area contributed by atoms with Gasteiger partial charge in [0.2, 0.25) is 5.13 Å². The van der Waals surface area contributed by atoms with Gasteiger partial charge in [0.25, 0.3) is 0 Å². The zero-order valence-electron chi connectivity index (χ0n) is 9.74. The van der Waals surface area contributed by atoms with E-state index in [0.29, 0.717) is 0 Å². The topological polar surface area (TPSA) is 37.8 Å². The number of hydrogen-bond donors (Lipinski definition) is 1. The Morgan fingerprint density at radius 2 is 2.38 bits per heavy atom. The van der Waals surface area contributed by atoms with Gasteiger partial charge in [0.1, 0.15) is 5.82 Å². The van der Waals surface area contributed by atoms with Crippen molar-refractivity contribution in [2.45, 2.75) is 44.3 Å². The molecule has 1 atom stereocenters. The minimum absolute atomic E-state index is 0.771. The molecule has 1 N–H and O–H groups in total. The Kier molecular flexibility index (Phi) is 4.91. The van der Waals surface area contributed by atoms with Crippen molar-refractivity contribution >= 4 is 28.4 Å². The van der Waals surface area contributed by atoms with Crippen molar-refractivity contribution in [2.75, 3.05) is 17.6 Å². The van der Waals surface area contributed by atoms with Gasteiger partial charge in [0.05, 0.1) is 0 Å². The zero-order valence-corrected chi connectivity index (χ0v) is 11.4. The summed E-state index contributed by atoms with van der Waals surface area (Å²) in [5, 5.41) is 5.18. The van der Waals surface area contributed by atoms with Gasteiger partial charge in [0.15, 0.2) is 0 Å². The second kappa shape index (κ2) is 6.45. The second-order valence-electron chi connectivity index (χ2n) is 4.14. The molecule has 1 aliphatic heterocycles. The fourth-order valence-corrected chi connectivity index (χ4v) is 3.68. The molecule has 0 aromatic carbocycles. The smallest absolute Gasteiger partial charge is 0.202 e. The summed E-state index contributed by atoms with van der Waals surface area (Å²) >= 11 is 3.59. The van der Waals surface area contributed by atoms with Crippen molar-refractivity contribution in [3.05, 3.63) is 5.82 Å². The highest BCUT2D eigenvalue weighted by atomic mass is 32.2. The maximum Gasteiger partial charge on any atom is 0.202 e. The van der Waals surface area contributed by atoms with Gasteiger partial charge in [-0.05, 0) is 25.0 Å². The normalized spacial score (nSPS) is 20.9. The molecule has 1 fully saturated rings. The molecule has 0 aliphatic carbocycles. The Bertz CT molecular complexity index is 308. The van der Waals surface area contributed by atoms with E-state index < -0.39 is 0 Å². The van der Waals surface area contributed by atoms with Crippen LogP contribution >= 0.6 is 23.3 Å². The largest absolute Gasteiger partial charge is 0.359 e. The molecule has 1 aromatic heterocycles. The molecular weight excluding hydrogens is 238 g/mol. The maximum atomic E-state index is 4.47. The summed E-state index contributed by atoms with van der Waals surface area (Å²) in [6, 6.07) is 0. The van der Waals surface area contributed by atoms with E-state index in [2.05, 4.69) is 33.4 Å². The van der Waals surface area contributed by atoms with Crippen LogP contribution in [-0.4, -0.2) is 26.9 Å². The van der Waals surface area contributed by atoms with Crippen LogP contribution < -0.4 is 5.32 Å². The van der Waals surface area contributed by atoms with E-state index in [9.17, 15) is 0 Å². The quantitative estimate of drug-likeness (QED) is 0.879. The number of hydrogen-bond acceptors (Lipinski definition) is 5. The first-order valence-electron chi connectivity index (χ1n) is 6.06. The van der Waals surface area contributed by atoms with Gasteiger partial charge in [-0.25, -0.2) is 4.98 Å². The minimum atomic E-state index is 0.771. The molecule has 0 radical (unpaired) electrons. The standard InChI is InChI=1S/C11H19N3S2/c1-2-5-10-13-11(16-14-10)12-8-9-6-3-4-7-15-9/h9H,2-8H2,1H3,(H,12,13,14).